The standard InChI is InChI=1S/C9H19NO/c1-8(2)7-9-3-5-11-6-4-10-9/h8-10H,3-7H2,1-2H3. The van der Waals surface area contributed by atoms with Crippen LogP contribution in [0.1, 0.15) is 26.7 Å². The number of rotatable bonds is 2. The van der Waals surface area contributed by atoms with Gasteiger partial charge in [-0.25, -0.2) is 0 Å². The van der Waals surface area contributed by atoms with E-state index in [1.54, 1.807) is 0 Å². The minimum atomic E-state index is 0.692. The first-order valence-corrected chi connectivity index (χ1v) is 4.60. The van der Waals surface area contributed by atoms with Gasteiger partial charge >= 0.3 is 0 Å². The van der Waals surface area contributed by atoms with Crippen molar-refractivity contribution in [1.29, 1.82) is 0 Å². The lowest BCUT2D eigenvalue weighted by Gasteiger charge is -2.16. The summed E-state index contributed by atoms with van der Waals surface area (Å²) in [6, 6.07) is 0.692. The largest absolute Gasteiger partial charge is 0.380 e. The highest BCUT2D eigenvalue weighted by molar-refractivity contribution is 4.70. The summed E-state index contributed by atoms with van der Waals surface area (Å²) in [6.45, 7) is 7.39. The fourth-order valence-electron chi connectivity index (χ4n) is 1.54. The van der Waals surface area contributed by atoms with E-state index in [9.17, 15) is 0 Å². The third kappa shape index (κ3) is 3.73. The Morgan fingerprint density at radius 2 is 2.27 bits per heavy atom. The average molecular weight is 157 g/mol. The summed E-state index contributed by atoms with van der Waals surface area (Å²) in [4.78, 5) is 0. The lowest BCUT2D eigenvalue weighted by molar-refractivity contribution is 0.149. The van der Waals surface area contributed by atoms with E-state index in [1.165, 1.54) is 12.8 Å². The van der Waals surface area contributed by atoms with Crippen LogP contribution in [0.4, 0.5) is 0 Å². The molecule has 0 aromatic carbocycles. The van der Waals surface area contributed by atoms with Crippen molar-refractivity contribution >= 4 is 0 Å². The molecule has 0 saturated carbocycles. The van der Waals surface area contributed by atoms with Crippen LogP contribution in [0.2, 0.25) is 0 Å². The van der Waals surface area contributed by atoms with Crippen molar-refractivity contribution in [3.63, 3.8) is 0 Å². The highest BCUT2D eigenvalue weighted by Gasteiger charge is 2.12. The van der Waals surface area contributed by atoms with Gasteiger partial charge in [0.25, 0.3) is 0 Å². The predicted octanol–water partition coefficient (Wildman–Crippen LogP) is 1.41. The summed E-state index contributed by atoms with van der Waals surface area (Å²) in [6.07, 6.45) is 2.46. The van der Waals surface area contributed by atoms with Crippen molar-refractivity contribution in [2.24, 2.45) is 5.92 Å². The molecule has 0 radical (unpaired) electrons. The van der Waals surface area contributed by atoms with Crippen molar-refractivity contribution in [1.82, 2.24) is 5.32 Å². The van der Waals surface area contributed by atoms with Crippen LogP contribution in [-0.4, -0.2) is 25.8 Å². The summed E-state index contributed by atoms with van der Waals surface area (Å²) in [7, 11) is 0. The molecule has 0 aromatic heterocycles. The van der Waals surface area contributed by atoms with Crippen LogP contribution >= 0.6 is 0 Å². The van der Waals surface area contributed by atoms with Crippen LogP contribution < -0.4 is 5.32 Å². The van der Waals surface area contributed by atoms with Gasteiger partial charge in [-0.3, -0.25) is 0 Å². The minimum Gasteiger partial charge on any atom is -0.380 e. The van der Waals surface area contributed by atoms with E-state index < -0.39 is 0 Å². The lowest BCUT2D eigenvalue weighted by atomic mass is 10.0. The average Bonchev–Trinajstić information content (AvgIpc) is 2.14. The van der Waals surface area contributed by atoms with Crippen molar-refractivity contribution in [2.45, 2.75) is 32.7 Å². The van der Waals surface area contributed by atoms with Crippen LogP contribution in [0.25, 0.3) is 0 Å². The molecule has 0 bridgehead atoms. The SMILES string of the molecule is CC(C)CC1CCOCCN1. The maximum absolute atomic E-state index is 5.34. The zero-order chi connectivity index (χ0) is 8.10. The summed E-state index contributed by atoms with van der Waals surface area (Å²) in [5.74, 6) is 0.797. The first-order valence-electron chi connectivity index (χ1n) is 4.60. The van der Waals surface area contributed by atoms with Gasteiger partial charge in [0.2, 0.25) is 0 Å². The molecule has 0 amide bonds. The van der Waals surface area contributed by atoms with Crippen LogP contribution in [0, 0.1) is 5.92 Å². The first kappa shape index (κ1) is 9.01. The Kier molecular flexibility index (Phi) is 3.87. The van der Waals surface area contributed by atoms with Gasteiger partial charge in [-0.15, -0.1) is 0 Å². The van der Waals surface area contributed by atoms with E-state index in [0.717, 1.165) is 25.7 Å². The predicted molar refractivity (Wildman–Crippen MR) is 46.7 cm³/mol. The molecule has 1 aliphatic heterocycles. The molecule has 0 spiro atoms. The molecule has 1 fully saturated rings. The third-order valence-electron chi connectivity index (χ3n) is 2.05. The van der Waals surface area contributed by atoms with Gasteiger partial charge in [-0.1, -0.05) is 13.8 Å². The quantitative estimate of drug-likeness (QED) is 0.654. The van der Waals surface area contributed by atoms with Crippen molar-refractivity contribution in [3.8, 4) is 0 Å². The summed E-state index contributed by atoms with van der Waals surface area (Å²) >= 11 is 0. The van der Waals surface area contributed by atoms with Crippen molar-refractivity contribution < 1.29 is 4.74 Å². The monoisotopic (exact) mass is 157 g/mol. The minimum absolute atomic E-state index is 0.692. The molecular weight excluding hydrogens is 138 g/mol. The molecule has 2 nitrogen and oxygen atoms in total. The fourth-order valence-corrected chi connectivity index (χ4v) is 1.54. The van der Waals surface area contributed by atoms with Crippen LogP contribution in [0.5, 0.6) is 0 Å². The van der Waals surface area contributed by atoms with Crippen LogP contribution in [0.15, 0.2) is 0 Å². The first-order chi connectivity index (χ1) is 5.29. The van der Waals surface area contributed by atoms with E-state index >= 15 is 0 Å². The van der Waals surface area contributed by atoms with Gasteiger partial charge in [-0.2, -0.15) is 0 Å². The molecule has 1 atom stereocenters. The molecule has 1 heterocycles. The molecule has 2 heteroatoms. The van der Waals surface area contributed by atoms with Crippen LogP contribution in [-0.2, 0) is 4.74 Å². The van der Waals surface area contributed by atoms with Gasteiger partial charge in [0, 0.05) is 19.2 Å². The molecule has 11 heavy (non-hydrogen) atoms. The zero-order valence-corrected chi connectivity index (χ0v) is 7.60. The summed E-state index contributed by atoms with van der Waals surface area (Å²) < 4.78 is 5.34. The van der Waals surface area contributed by atoms with Gasteiger partial charge in [0.05, 0.1) is 6.61 Å². The van der Waals surface area contributed by atoms with E-state index in [1.807, 2.05) is 0 Å². The van der Waals surface area contributed by atoms with Crippen molar-refractivity contribution in [2.75, 3.05) is 19.8 Å². The molecular formula is C9H19NO. The second kappa shape index (κ2) is 4.73. The smallest absolute Gasteiger partial charge is 0.0591 e. The normalized spacial score (nSPS) is 27.0. The van der Waals surface area contributed by atoms with Gasteiger partial charge in [-0.05, 0) is 18.8 Å². The molecule has 1 N–H and O–H groups in total. The molecule has 0 aromatic rings. The van der Waals surface area contributed by atoms with E-state index in [-0.39, 0.29) is 0 Å². The number of hydrogen-bond acceptors (Lipinski definition) is 2. The molecule has 66 valence electrons. The van der Waals surface area contributed by atoms with Crippen molar-refractivity contribution in [3.05, 3.63) is 0 Å². The van der Waals surface area contributed by atoms with Crippen LogP contribution in [0.3, 0.4) is 0 Å². The summed E-state index contributed by atoms with van der Waals surface area (Å²) in [5.41, 5.74) is 0. The maximum Gasteiger partial charge on any atom is 0.0591 e. The Balaban J connectivity index is 2.20. The number of ether oxygens (including phenoxy) is 1. The fraction of sp³-hybridized carbons (Fsp3) is 1.00. The number of hydrogen-bond donors (Lipinski definition) is 1. The highest BCUT2D eigenvalue weighted by atomic mass is 16.5. The third-order valence-corrected chi connectivity index (χ3v) is 2.05. The Morgan fingerprint density at radius 3 is 3.00 bits per heavy atom. The van der Waals surface area contributed by atoms with Gasteiger partial charge in [0.15, 0.2) is 0 Å². The summed E-state index contributed by atoms with van der Waals surface area (Å²) in [5, 5.41) is 3.49. The molecule has 1 unspecified atom stereocenters. The Hall–Kier alpha value is -0.0800. The van der Waals surface area contributed by atoms with Gasteiger partial charge in [0.1, 0.15) is 0 Å². The molecule has 1 rings (SSSR count). The molecule has 0 aliphatic carbocycles. The molecule has 1 saturated heterocycles. The number of nitrogens with one attached hydrogen (secondary N) is 1. The van der Waals surface area contributed by atoms with Gasteiger partial charge < -0.3 is 10.1 Å². The maximum atomic E-state index is 5.34. The zero-order valence-electron chi connectivity index (χ0n) is 7.60. The van der Waals surface area contributed by atoms with E-state index in [4.69, 9.17) is 4.74 Å². The topological polar surface area (TPSA) is 21.3 Å². The highest BCUT2D eigenvalue weighted by Crippen LogP contribution is 2.09. The van der Waals surface area contributed by atoms with E-state index in [0.29, 0.717) is 6.04 Å². The Labute approximate surface area is 69.3 Å². The van der Waals surface area contributed by atoms with E-state index in [2.05, 4.69) is 19.2 Å². The Morgan fingerprint density at radius 1 is 1.45 bits per heavy atom. The Bertz CT molecular complexity index is 95.7. The lowest BCUT2D eigenvalue weighted by Crippen LogP contribution is -2.30. The second-order valence-corrected chi connectivity index (χ2v) is 3.68. The second-order valence-electron chi connectivity index (χ2n) is 3.68. The molecule has 1 aliphatic rings.